The van der Waals surface area contributed by atoms with Crippen LogP contribution in [0.1, 0.15) is 15.9 Å². The molecule has 15 heavy (non-hydrogen) atoms. The molecule has 0 spiro atoms. The van der Waals surface area contributed by atoms with Gasteiger partial charge in [-0.3, -0.25) is 4.79 Å². The standard InChI is InChI=1S/C9H8F3NO2/c1-13-8(15)6-3-2-5(4-7(6)14)9(10,11)12/h2-4,14H,1H3,(H,13,15). The van der Waals surface area contributed by atoms with Crippen molar-refractivity contribution >= 4 is 5.91 Å². The van der Waals surface area contributed by atoms with Crippen LogP contribution in [0.25, 0.3) is 0 Å². The molecule has 0 heterocycles. The Hall–Kier alpha value is -1.72. The molecule has 0 unspecified atom stereocenters. The van der Waals surface area contributed by atoms with E-state index in [1.165, 1.54) is 7.05 Å². The highest BCUT2D eigenvalue weighted by Gasteiger charge is 2.31. The van der Waals surface area contributed by atoms with Crippen molar-refractivity contribution in [2.24, 2.45) is 0 Å². The zero-order chi connectivity index (χ0) is 11.6. The summed E-state index contributed by atoms with van der Waals surface area (Å²) in [7, 11) is 1.32. The van der Waals surface area contributed by atoms with E-state index in [-0.39, 0.29) is 5.56 Å². The molecule has 1 amide bonds. The molecular weight excluding hydrogens is 211 g/mol. The van der Waals surface area contributed by atoms with Crippen LogP contribution in [0.3, 0.4) is 0 Å². The summed E-state index contributed by atoms with van der Waals surface area (Å²) < 4.78 is 36.5. The lowest BCUT2D eigenvalue weighted by atomic mass is 10.1. The molecule has 0 aliphatic heterocycles. The molecule has 0 atom stereocenters. The number of hydrogen-bond acceptors (Lipinski definition) is 2. The van der Waals surface area contributed by atoms with E-state index in [4.69, 9.17) is 0 Å². The van der Waals surface area contributed by atoms with Crippen molar-refractivity contribution in [3.05, 3.63) is 29.3 Å². The lowest BCUT2D eigenvalue weighted by Crippen LogP contribution is -2.18. The summed E-state index contributed by atoms with van der Waals surface area (Å²) in [5.41, 5.74) is -1.18. The molecule has 0 aromatic heterocycles. The number of benzene rings is 1. The van der Waals surface area contributed by atoms with Gasteiger partial charge in [0.1, 0.15) is 5.75 Å². The molecule has 1 aromatic rings. The molecule has 6 heteroatoms. The molecule has 2 N–H and O–H groups in total. The third-order valence-corrected chi connectivity index (χ3v) is 1.80. The van der Waals surface area contributed by atoms with E-state index in [2.05, 4.69) is 5.32 Å². The van der Waals surface area contributed by atoms with E-state index in [0.29, 0.717) is 6.07 Å². The summed E-state index contributed by atoms with van der Waals surface area (Å²) in [6, 6.07) is 2.19. The van der Waals surface area contributed by atoms with Crippen LogP contribution < -0.4 is 5.32 Å². The quantitative estimate of drug-likeness (QED) is 0.756. The smallest absolute Gasteiger partial charge is 0.416 e. The fraction of sp³-hybridized carbons (Fsp3) is 0.222. The van der Waals surface area contributed by atoms with Gasteiger partial charge in [0.15, 0.2) is 0 Å². The highest BCUT2D eigenvalue weighted by molar-refractivity contribution is 5.96. The summed E-state index contributed by atoms with van der Waals surface area (Å²) in [6.07, 6.45) is -4.53. The summed E-state index contributed by atoms with van der Waals surface area (Å²) in [4.78, 5) is 11.0. The maximum absolute atomic E-state index is 12.2. The molecule has 0 radical (unpaired) electrons. The van der Waals surface area contributed by atoms with Gasteiger partial charge in [-0.25, -0.2) is 0 Å². The largest absolute Gasteiger partial charge is 0.507 e. The van der Waals surface area contributed by atoms with Crippen LogP contribution in [0.2, 0.25) is 0 Å². The van der Waals surface area contributed by atoms with Gasteiger partial charge < -0.3 is 10.4 Å². The van der Waals surface area contributed by atoms with Crippen LogP contribution in [-0.4, -0.2) is 18.1 Å². The van der Waals surface area contributed by atoms with Crippen molar-refractivity contribution in [2.45, 2.75) is 6.18 Å². The van der Waals surface area contributed by atoms with Crippen molar-refractivity contribution in [1.82, 2.24) is 5.32 Å². The van der Waals surface area contributed by atoms with Gasteiger partial charge in [-0.05, 0) is 18.2 Å². The minimum Gasteiger partial charge on any atom is -0.507 e. The van der Waals surface area contributed by atoms with Crippen LogP contribution in [0.5, 0.6) is 5.75 Å². The molecule has 3 nitrogen and oxygen atoms in total. The average Bonchev–Trinajstić information content (AvgIpc) is 2.15. The Morgan fingerprint density at radius 2 is 2.00 bits per heavy atom. The Morgan fingerprint density at radius 3 is 2.40 bits per heavy atom. The number of alkyl halides is 3. The lowest BCUT2D eigenvalue weighted by Gasteiger charge is -2.08. The Bertz CT molecular complexity index is 387. The molecule has 0 saturated carbocycles. The molecule has 82 valence electrons. The van der Waals surface area contributed by atoms with Gasteiger partial charge in [-0.15, -0.1) is 0 Å². The van der Waals surface area contributed by atoms with Gasteiger partial charge >= 0.3 is 6.18 Å². The molecule has 0 fully saturated rings. The average molecular weight is 219 g/mol. The second kappa shape index (κ2) is 3.80. The summed E-state index contributed by atoms with van der Waals surface area (Å²) in [5.74, 6) is -1.33. The zero-order valence-corrected chi connectivity index (χ0v) is 7.72. The first-order valence-corrected chi connectivity index (χ1v) is 3.98. The third kappa shape index (κ3) is 2.39. The topological polar surface area (TPSA) is 49.3 Å². The highest BCUT2D eigenvalue weighted by Crippen LogP contribution is 2.32. The number of rotatable bonds is 1. The van der Waals surface area contributed by atoms with E-state index in [1.807, 2.05) is 0 Å². The number of aromatic hydroxyl groups is 1. The van der Waals surface area contributed by atoms with E-state index in [0.717, 1.165) is 12.1 Å². The molecule has 1 rings (SSSR count). The predicted octanol–water partition coefficient (Wildman–Crippen LogP) is 1.77. The number of halogens is 3. The number of hydrogen-bond donors (Lipinski definition) is 2. The van der Waals surface area contributed by atoms with Crippen LogP contribution >= 0.6 is 0 Å². The fourth-order valence-electron chi connectivity index (χ4n) is 1.03. The first-order valence-electron chi connectivity index (χ1n) is 3.98. The van der Waals surface area contributed by atoms with Gasteiger partial charge in [0, 0.05) is 7.05 Å². The van der Waals surface area contributed by atoms with Crippen molar-refractivity contribution in [3.63, 3.8) is 0 Å². The van der Waals surface area contributed by atoms with Gasteiger partial charge in [0.05, 0.1) is 11.1 Å². The Balaban J connectivity index is 3.15. The number of phenolic OH excluding ortho intramolecular Hbond substituents is 1. The summed E-state index contributed by atoms with van der Waals surface area (Å²) in [5, 5.41) is 11.4. The van der Waals surface area contributed by atoms with Crippen LogP contribution in [0, 0.1) is 0 Å². The van der Waals surface area contributed by atoms with Gasteiger partial charge in [-0.1, -0.05) is 0 Å². The Kier molecular flexibility index (Phi) is 2.88. The van der Waals surface area contributed by atoms with Crippen molar-refractivity contribution in [3.8, 4) is 5.75 Å². The Morgan fingerprint density at radius 1 is 1.40 bits per heavy atom. The fourth-order valence-corrected chi connectivity index (χ4v) is 1.03. The van der Waals surface area contributed by atoms with Crippen molar-refractivity contribution in [2.75, 3.05) is 7.05 Å². The van der Waals surface area contributed by atoms with Crippen LogP contribution in [0.4, 0.5) is 13.2 Å². The van der Waals surface area contributed by atoms with Gasteiger partial charge in [0.25, 0.3) is 5.91 Å². The SMILES string of the molecule is CNC(=O)c1ccc(C(F)(F)F)cc1O. The summed E-state index contributed by atoms with van der Waals surface area (Å²) in [6.45, 7) is 0. The number of carbonyl (C=O) groups excluding carboxylic acids is 1. The van der Waals surface area contributed by atoms with Crippen molar-refractivity contribution in [1.29, 1.82) is 0 Å². The first kappa shape index (κ1) is 11.4. The first-order chi connectivity index (χ1) is 6.86. The van der Waals surface area contributed by atoms with E-state index >= 15 is 0 Å². The number of nitrogens with one attached hydrogen (secondary N) is 1. The summed E-state index contributed by atoms with van der Waals surface area (Å²) >= 11 is 0. The van der Waals surface area contributed by atoms with Gasteiger partial charge in [-0.2, -0.15) is 13.2 Å². The molecule has 0 aliphatic carbocycles. The van der Waals surface area contributed by atoms with Crippen molar-refractivity contribution < 1.29 is 23.1 Å². The van der Waals surface area contributed by atoms with E-state index in [9.17, 15) is 23.1 Å². The van der Waals surface area contributed by atoms with E-state index < -0.39 is 23.4 Å². The number of carbonyl (C=O) groups is 1. The maximum Gasteiger partial charge on any atom is 0.416 e. The van der Waals surface area contributed by atoms with Gasteiger partial charge in [0.2, 0.25) is 0 Å². The lowest BCUT2D eigenvalue weighted by molar-refractivity contribution is -0.137. The maximum atomic E-state index is 12.2. The molecule has 0 aliphatic rings. The van der Waals surface area contributed by atoms with Crippen LogP contribution in [-0.2, 0) is 6.18 Å². The minimum absolute atomic E-state index is 0.189. The molecule has 1 aromatic carbocycles. The highest BCUT2D eigenvalue weighted by atomic mass is 19.4. The van der Waals surface area contributed by atoms with Crippen LogP contribution in [0.15, 0.2) is 18.2 Å². The molecule has 0 bridgehead atoms. The monoisotopic (exact) mass is 219 g/mol. The Labute approximate surface area is 83.5 Å². The number of phenols is 1. The molecule has 0 saturated heterocycles. The zero-order valence-electron chi connectivity index (χ0n) is 7.72. The second-order valence-electron chi connectivity index (χ2n) is 2.81. The predicted molar refractivity (Wildman–Crippen MR) is 46.5 cm³/mol. The minimum atomic E-state index is -4.53. The molecular formula is C9H8F3NO2. The van der Waals surface area contributed by atoms with E-state index in [1.54, 1.807) is 0 Å². The number of amides is 1. The second-order valence-corrected chi connectivity index (χ2v) is 2.81. The normalized spacial score (nSPS) is 11.2. The third-order valence-electron chi connectivity index (χ3n) is 1.80.